The molecule has 1 aromatic rings. The topological polar surface area (TPSA) is 68.2 Å². The van der Waals surface area contributed by atoms with Crippen molar-refractivity contribution in [2.45, 2.75) is 31.2 Å². The standard InChI is InChI=1S/C13H18O5/c1-16-13-11(15)12(10(14)8-18-13)17-7-9-5-3-2-4-6-9/h2-6,10-15H,7-8H2,1H3/t10-,11+,12-,13-/m0/s1. The van der Waals surface area contributed by atoms with Crippen LogP contribution in [0.25, 0.3) is 0 Å². The Morgan fingerprint density at radius 2 is 2.00 bits per heavy atom. The van der Waals surface area contributed by atoms with E-state index in [9.17, 15) is 10.2 Å². The Morgan fingerprint density at radius 3 is 2.67 bits per heavy atom. The quantitative estimate of drug-likeness (QED) is 0.808. The van der Waals surface area contributed by atoms with Gasteiger partial charge >= 0.3 is 0 Å². The van der Waals surface area contributed by atoms with E-state index in [-0.39, 0.29) is 6.61 Å². The predicted octanol–water partition coefficient (Wildman–Crippen LogP) is 0.296. The molecule has 1 saturated heterocycles. The van der Waals surface area contributed by atoms with Gasteiger partial charge in [-0.3, -0.25) is 0 Å². The molecular formula is C13H18O5. The first-order valence-corrected chi connectivity index (χ1v) is 5.88. The first-order chi connectivity index (χ1) is 8.72. The number of aliphatic hydroxyl groups excluding tert-OH is 2. The summed E-state index contributed by atoms with van der Waals surface area (Å²) in [4.78, 5) is 0. The van der Waals surface area contributed by atoms with Crippen LogP contribution in [0.1, 0.15) is 5.56 Å². The maximum absolute atomic E-state index is 9.94. The molecule has 0 aromatic heterocycles. The number of ether oxygens (including phenoxy) is 3. The maximum Gasteiger partial charge on any atom is 0.185 e. The van der Waals surface area contributed by atoms with Crippen LogP contribution in [0.2, 0.25) is 0 Å². The van der Waals surface area contributed by atoms with Crippen molar-refractivity contribution >= 4 is 0 Å². The Morgan fingerprint density at radius 1 is 1.28 bits per heavy atom. The second kappa shape index (κ2) is 6.26. The minimum Gasteiger partial charge on any atom is -0.388 e. The van der Waals surface area contributed by atoms with E-state index in [0.717, 1.165) is 5.56 Å². The number of benzene rings is 1. The zero-order valence-corrected chi connectivity index (χ0v) is 10.2. The SMILES string of the molecule is CO[C@H]1OC[C@H](O)[C@H](OCc2ccccc2)[C@H]1O. The average molecular weight is 254 g/mol. The predicted molar refractivity (Wildman–Crippen MR) is 63.8 cm³/mol. The summed E-state index contributed by atoms with van der Waals surface area (Å²) < 4.78 is 15.7. The Bertz CT molecular complexity index is 356. The normalized spacial score (nSPS) is 32.4. The Kier molecular flexibility index (Phi) is 4.68. The first kappa shape index (κ1) is 13.5. The van der Waals surface area contributed by atoms with E-state index in [4.69, 9.17) is 14.2 Å². The molecule has 0 radical (unpaired) electrons. The molecule has 0 unspecified atom stereocenters. The van der Waals surface area contributed by atoms with Gasteiger partial charge in [-0.15, -0.1) is 0 Å². The van der Waals surface area contributed by atoms with Gasteiger partial charge in [0.15, 0.2) is 6.29 Å². The van der Waals surface area contributed by atoms with Crippen LogP contribution >= 0.6 is 0 Å². The van der Waals surface area contributed by atoms with Crippen LogP contribution in [-0.4, -0.2) is 48.5 Å². The smallest absolute Gasteiger partial charge is 0.185 e. The Labute approximate surface area is 106 Å². The Hall–Kier alpha value is -0.980. The van der Waals surface area contributed by atoms with Crippen molar-refractivity contribution in [3.63, 3.8) is 0 Å². The molecule has 0 saturated carbocycles. The maximum atomic E-state index is 9.94. The van der Waals surface area contributed by atoms with Crippen molar-refractivity contribution < 1.29 is 24.4 Å². The van der Waals surface area contributed by atoms with Gasteiger partial charge in [0.2, 0.25) is 0 Å². The van der Waals surface area contributed by atoms with E-state index in [1.165, 1.54) is 7.11 Å². The van der Waals surface area contributed by atoms with Crippen LogP contribution in [0, 0.1) is 0 Å². The molecule has 4 atom stereocenters. The van der Waals surface area contributed by atoms with Gasteiger partial charge < -0.3 is 24.4 Å². The number of rotatable bonds is 4. The molecule has 2 rings (SSSR count). The summed E-state index contributed by atoms with van der Waals surface area (Å²) >= 11 is 0. The molecular weight excluding hydrogens is 236 g/mol. The van der Waals surface area contributed by atoms with Crippen molar-refractivity contribution in [1.82, 2.24) is 0 Å². The minimum atomic E-state index is -0.998. The largest absolute Gasteiger partial charge is 0.388 e. The Balaban J connectivity index is 1.94. The fourth-order valence-corrected chi connectivity index (χ4v) is 1.95. The molecule has 0 aliphatic carbocycles. The minimum absolute atomic E-state index is 0.0923. The van der Waals surface area contributed by atoms with E-state index in [0.29, 0.717) is 6.61 Å². The highest BCUT2D eigenvalue weighted by molar-refractivity contribution is 5.13. The van der Waals surface area contributed by atoms with Gasteiger partial charge in [0, 0.05) is 7.11 Å². The number of methoxy groups -OCH3 is 1. The number of hydrogen-bond acceptors (Lipinski definition) is 5. The molecule has 5 nitrogen and oxygen atoms in total. The van der Waals surface area contributed by atoms with Crippen LogP contribution < -0.4 is 0 Å². The third-order valence-electron chi connectivity index (χ3n) is 2.94. The van der Waals surface area contributed by atoms with Crippen LogP contribution in [0.5, 0.6) is 0 Å². The lowest BCUT2D eigenvalue weighted by atomic mass is 10.1. The van der Waals surface area contributed by atoms with Crippen LogP contribution in [-0.2, 0) is 20.8 Å². The monoisotopic (exact) mass is 254 g/mol. The summed E-state index contributed by atoms with van der Waals surface area (Å²) in [7, 11) is 1.44. The molecule has 1 aliphatic rings. The molecule has 5 heteroatoms. The molecule has 18 heavy (non-hydrogen) atoms. The van der Waals surface area contributed by atoms with E-state index >= 15 is 0 Å². The van der Waals surface area contributed by atoms with E-state index in [1.807, 2.05) is 30.3 Å². The second-order valence-electron chi connectivity index (χ2n) is 4.26. The van der Waals surface area contributed by atoms with Crippen molar-refractivity contribution in [3.8, 4) is 0 Å². The summed E-state index contributed by atoms with van der Waals surface area (Å²) in [5.74, 6) is 0. The lowest BCUT2D eigenvalue weighted by Gasteiger charge is -2.36. The molecule has 0 spiro atoms. The highest BCUT2D eigenvalue weighted by Crippen LogP contribution is 2.20. The molecule has 1 aliphatic heterocycles. The summed E-state index contributed by atoms with van der Waals surface area (Å²) in [6.07, 6.45) is -3.31. The fourth-order valence-electron chi connectivity index (χ4n) is 1.95. The van der Waals surface area contributed by atoms with E-state index in [2.05, 4.69) is 0 Å². The summed E-state index contributed by atoms with van der Waals surface area (Å²) in [5, 5.41) is 19.7. The highest BCUT2D eigenvalue weighted by Gasteiger charge is 2.39. The van der Waals surface area contributed by atoms with Crippen LogP contribution in [0.3, 0.4) is 0 Å². The van der Waals surface area contributed by atoms with Gasteiger partial charge in [0.25, 0.3) is 0 Å². The molecule has 1 heterocycles. The lowest BCUT2D eigenvalue weighted by molar-refractivity contribution is -0.272. The first-order valence-electron chi connectivity index (χ1n) is 5.88. The van der Waals surface area contributed by atoms with Gasteiger partial charge in [0.1, 0.15) is 18.3 Å². The zero-order chi connectivity index (χ0) is 13.0. The van der Waals surface area contributed by atoms with Crippen molar-refractivity contribution in [2.75, 3.05) is 13.7 Å². The molecule has 2 N–H and O–H groups in total. The van der Waals surface area contributed by atoms with Gasteiger partial charge in [-0.2, -0.15) is 0 Å². The molecule has 1 aromatic carbocycles. The summed E-state index contributed by atoms with van der Waals surface area (Å²) in [6, 6.07) is 9.58. The third kappa shape index (κ3) is 3.07. The molecule has 0 amide bonds. The second-order valence-corrected chi connectivity index (χ2v) is 4.26. The van der Waals surface area contributed by atoms with Crippen molar-refractivity contribution in [3.05, 3.63) is 35.9 Å². The summed E-state index contributed by atoms with van der Waals surface area (Å²) in [5.41, 5.74) is 0.984. The van der Waals surface area contributed by atoms with Crippen LogP contribution in [0.15, 0.2) is 30.3 Å². The van der Waals surface area contributed by atoms with Gasteiger partial charge in [0.05, 0.1) is 13.2 Å². The molecule has 1 fully saturated rings. The molecule has 100 valence electrons. The average Bonchev–Trinajstić information content (AvgIpc) is 2.40. The van der Waals surface area contributed by atoms with Crippen molar-refractivity contribution in [2.24, 2.45) is 0 Å². The lowest BCUT2D eigenvalue weighted by Crippen LogP contribution is -2.54. The van der Waals surface area contributed by atoms with E-state index in [1.54, 1.807) is 0 Å². The van der Waals surface area contributed by atoms with Crippen molar-refractivity contribution in [1.29, 1.82) is 0 Å². The van der Waals surface area contributed by atoms with Gasteiger partial charge in [-0.1, -0.05) is 30.3 Å². The number of aliphatic hydroxyl groups is 2. The van der Waals surface area contributed by atoms with Gasteiger partial charge in [-0.25, -0.2) is 0 Å². The van der Waals surface area contributed by atoms with E-state index < -0.39 is 24.6 Å². The zero-order valence-electron chi connectivity index (χ0n) is 10.2. The van der Waals surface area contributed by atoms with Crippen LogP contribution in [0.4, 0.5) is 0 Å². The summed E-state index contributed by atoms with van der Waals surface area (Å²) in [6.45, 7) is 0.422. The fraction of sp³-hybridized carbons (Fsp3) is 0.538. The third-order valence-corrected chi connectivity index (χ3v) is 2.94. The number of hydrogen-bond donors (Lipinski definition) is 2. The van der Waals surface area contributed by atoms with Gasteiger partial charge in [-0.05, 0) is 5.56 Å². The molecule has 0 bridgehead atoms. The highest BCUT2D eigenvalue weighted by atomic mass is 16.7.